The van der Waals surface area contributed by atoms with Gasteiger partial charge in [-0.15, -0.1) is 0 Å². The average molecular weight is 438 g/mol. The highest BCUT2D eigenvalue weighted by atomic mass is 16.7. The fourth-order valence-electron chi connectivity index (χ4n) is 5.91. The van der Waals surface area contributed by atoms with E-state index in [0.717, 1.165) is 75.2 Å². The number of phenols is 1. The van der Waals surface area contributed by atoms with Crippen molar-refractivity contribution in [3.8, 4) is 23.0 Å². The monoisotopic (exact) mass is 437 g/mol. The van der Waals surface area contributed by atoms with Crippen LogP contribution in [0.15, 0.2) is 42.5 Å². The van der Waals surface area contributed by atoms with Gasteiger partial charge in [-0.1, -0.05) is 37.1 Å². The fraction of sp³-hybridized carbons (Fsp3) is 0.500. The van der Waals surface area contributed by atoms with Crippen LogP contribution in [-0.4, -0.2) is 41.9 Å². The first-order chi connectivity index (χ1) is 15.5. The maximum Gasteiger partial charge on any atom is 0.308 e. The predicted molar refractivity (Wildman–Crippen MR) is 120 cm³/mol. The Bertz CT molecular complexity index is 959. The van der Waals surface area contributed by atoms with Crippen LogP contribution in [0, 0.1) is 5.92 Å². The molecule has 0 spiro atoms. The molecule has 2 aliphatic heterocycles. The van der Waals surface area contributed by atoms with Gasteiger partial charge in [0.25, 0.3) is 0 Å². The number of phenolic OH excluding ortho intramolecular Hbond substituents is 1. The second kappa shape index (κ2) is 8.66. The van der Waals surface area contributed by atoms with E-state index in [1.165, 1.54) is 6.92 Å². The van der Waals surface area contributed by atoms with Crippen molar-refractivity contribution in [1.29, 1.82) is 0 Å². The quantitative estimate of drug-likeness (QED) is 0.525. The minimum atomic E-state index is -0.413. The number of fused-ring (bicyclic) bond motifs is 1. The fourth-order valence-corrected chi connectivity index (χ4v) is 5.91. The van der Waals surface area contributed by atoms with E-state index in [1.54, 1.807) is 6.07 Å². The lowest BCUT2D eigenvalue weighted by Gasteiger charge is -2.37. The van der Waals surface area contributed by atoms with Gasteiger partial charge < -0.3 is 24.2 Å². The summed E-state index contributed by atoms with van der Waals surface area (Å²) < 4.78 is 17.1. The molecule has 2 heterocycles. The molecule has 2 aromatic rings. The molecule has 1 N–H and O–H groups in total. The van der Waals surface area contributed by atoms with Gasteiger partial charge in [-0.2, -0.15) is 0 Å². The number of benzene rings is 2. The molecule has 2 fully saturated rings. The van der Waals surface area contributed by atoms with Crippen molar-refractivity contribution >= 4 is 5.97 Å². The summed E-state index contributed by atoms with van der Waals surface area (Å²) in [5.41, 5.74) is 0.879. The Morgan fingerprint density at radius 2 is 1.84 bits per heavy atom. The van der Waals surface area contributed by atoms with Crippen molar-refractivity contribution in [3.05, 3.63) is 48.0 Å². The van der Waals surface area contributed by atoms with Crippen molar-refractivity contribution < 1.29 is 24.1 Å². The minimum Gasteiger partial charge on any atom is -0.504 e. The predicted octanol–water partition coefficient (Wildman–Crippen LogP) is 4.64. The zero-order valence-electron chi connectivity index (χ0n) is 18.6. The SMILES string of the molecule is CC(=O)Oc1cccc(C2([C@@H]3CCN(CCC4Oc5ccccc5O4)C3)CCCC2)c1O. The third kappa shape index (κ3) is 3.92. The maximum atomic E-state index is 11.5. The molecule has 2 aromatic carbocycles. The lowest BCUT2D eigenvalue weighted by Crippen LogP contribution is -2.36. The van der Waals surface area contributed by atoms with Gasteiger partial charge in [0.15, 0.2) is 23.0 Å². The van der Waals surface area contributed by atoms with Crippen LogP contribution in [0.1, 0.15) is 51.0 Å². The first-order valence-electron chi connectivity index (χ1n) is 11.7. The Labute approximate surface area is 189 Å². The smallest absolute Gasteiger partial charge is 0.308 e. The Hall–Kier alpha value is -2.73. The number of nitrogens with zero attached hydrogens (tertiary/aromatic N) is 1. The van der Waals surface area contributed by atoms with Crippen LogP contribution in [-0.2, 0) is 10.2 Å². The molecular formula is C26H31NO5. The average Bonchev–Trinajstić information content (AvgIpc) is 3.52. The first-order valence-corrected chi connectivity index (χ1v) is 11.7. The van der Waals surface area contributed by atoms with Gasteiger partial charge in [0.1, 0.15) is 0 Å². The largest absolute Gasteiger partial charge is 0.504 e. The molecule has 170 valence electrons. The Morgan fingerprint density at radius 3 is 2.53 bits per heavy atom. The molecule has 1 saturated carbocycles. The Balaban J connectivity index is 1.26. The van der Waals surface area contributed by atoms with Gasteiger partial charge >= 0.3 is 5.97 Å². The van der Waals surface area contributed by atoms with Crippen molar-refractivity contribution in [2.45, 2.75) is 57.2 Å². The van der Waals surface area contributed by atoms with Crippen LogP contribution < -0.4 is 14.2 Å². The Morgan fingerprint density at radius 1 is 1.12 bits per heavy atom. The molecule has 1 saturated heterocycles. The highest BCUT2D eigenvalue weighted by Gasteiger charge is 2.47. The van der Waals surface area contributed by atoms with Crippen LogP contribution in [0.2, 0.25) is 0 Å². The number of carbonyl (C=O) groups is 1. The molecule has 5 rings (SSSR count). The van der Waals surface area contributed by atoms with Crippen LogP contribution in [0.4, 0.5) is 0 Å². The van der Waals surface area contributed by atoms with Crippen molar-refractivity contribution in [3.63, 3.8) is 0 Å². The second-order valence-corrected chi connectivity index (χ2v) is 9.30. The lowest BCUT2D eigenvalue weighted by molar-refractivity contribution is -0.132. The summed E-state index contributed by atoms with van der Waals surface area (Å²) in [6.07, 6.45) is 6.15. The molecule has 1 aliphatic carbocycles. The number of likely N-dealkylation sites (tertiary alicyclic amines) is 1. The molecule has 3 aliphatic rings. The third-order valence-electron chi connectivity index (χ3n) is 7.39. The molecule has 0 aromatic heterocycles. The topological polar surface area (TPSA) is 68.2 Å². The van der Waals surface area contributed by atoms with E-state index < -0.39 is 5.97 Å². The van der Waals surface area contributed by atoms with Crippen LogP contribution in [0.5, 0.6) is 23.0 Å². The van der Waals surface area contributed by atoms with E-state index in [0.29, 0.717) is 5.92 Å². The van der Waals surface area contributed by atoms with Crippen molar-refractivity contribution in [1.82, 2.24) is 4.90 Å². The molecule has 32 heavy (non-hydrogen) atoms. The molecule has 1 atom stereocenters. The molecule has 0 radical (unpaired) electrons. The standard InChI is InChI=1S/C26H31NO5/c1-18(28)30-23-10-6-7-20(25(23)29)26(13-4-5-14-26)19-11-15-27(17-19)16-12-24-31-21-8-2-3-9-22(21)32-24/h2-3,6-10,19,24,29H,4-5,11-17H2,1H3/t19-/m1/s1. The summed E-state index contributed by atoms with van der Waals surface area (Å²) in [5.74, 6) is 2.10. The normalized spacial score (nSPS) is 22.3. The van der Waals surface area contributed by atoms with Crippen LogP contribution >= 0.6 is 0 Å². The molecule has 0 bridgehead atoms. The molecule has 6 heteroatoms. The number of hydrogen-bond donors (Lipinski definition) is 1. The molecule has 0 unspecified atom stereocenters. The number of carbonyl (C=O) groups excluding carboxylic acids is 1. The van der Waals surface area contributed by atoms with E-state index in [2.05, 4.69) is 4.90 Å². The van der Waals surface area contributed by atoms with E-state index >= 15 is 0 Å². The molecule has 6 nitrogen and oxygen atoms in total. The van der Waals surface area contributed by atoms with Gasteiger partial charge in [-0.05, 0) is 49.9 Å². The van der Waals surface area contributed by atoms with Gasteiger partial charge in [0.05, 0.1) is 0 Å². The van der Waals surface area contributed by atoms with Gasteiger partial charge in [-0.3, -0.25) is 4.79 Å². The Kier molecular flexibility index (Phi) is 5.72. The van der Waals surface area contributed by atoms with Crippen molar-refractivity contribution in [2.24, 2.45) is 5.92 Å². The van der Waals surface area contributed by atoms with Gasteiger partial charge in [0, 0.05) is 37.4 Å². The summed E-state index contributed by atoms with van der Waals surface area (Å²) in [4.78, 5) is 14.0. The highest BCUT2D eigenvalue weighted by Crippen LogP contribution is 2.53. The summed E-state index contributed by atoms with van der Waals surface area (Å²) >= 11 is 0. The minimum absolute atomic E-state index is 0.0639. The van der Waals surface area contributed by atoms with E-state index in [9.17, 15) is 9.90 Å². The summed E-state index contributed by atoms with van der Waals surface area (Å²) in [6, 6.07) is 13.4. The summed E-state index contributed by atoms with van der Waals surface area (Å²) in [5, 5.41) is 11.0. The van der Waals surface area contributed by atoms with E-state index in [1.807, 2.05) is 36.4 Å². The number of ether oxygens (including phenoxy) is 3. The first kappa shape index (κ1) is 21.1. The summed E-state index contributed by atoms with van der Waals surface area (Å²) in [6.45, 7) is 4.32. The number of rotatable bonds is 6. The highest BCUT2D eigenvalue weighted by molar-refractivity contribution is 5.71. The second-order valence-electron chi connectivity index (χ2n) is 9.30. The zero-order chi connectivity index (χ0) is 22.1. The van der Waals surface area contributed by atoms with E-state index in [4.69, 9.17) is 14.2 Å². The lowest BCUT2D eigenvalue weighted by atomic mass is 9.68. The number of esters is 1. The van der Waals surface area contributed by atoms with E-state index in [-0.39, 0.29) is 23.2 Å². The third-order valence-corrected chi connectivity index (χ3v) is 7.39. The van der Waals surface area contributed by atoms with Crippen molar-refractivity contribution in [2.75, 3.05) is 19.6 Å². The number of aromatic hydroxyl groups is 1. The van der Waals surface area contributed by atoms with Crippen LogP contribution in [0.25, 0.3) is 0 Å². The van der Waals surface area contributed by atoms with Gasteiger partial charge in [-0.25, -0.2) is 0 Å². The molecular weight excluding hydrogens is 406 g/mol. The number of hydrogen-bond acceptors (Lipinski definition) is 6. The van der Waals surface area contributed by atoms with Crippen LogP contribution in [0.3, 0.4) is 0 Å². The van der Waals surface area contributed by atoms with Gasteiger partial charge in [0.2, 0.25) is 6.29 Å². The summed E-state index contributed by atoms with van der Waals surface area (Å²) in [7, 11) is 0. The molecule has 0 amide bonds. The number of para-hydroxylation sites is 3. The zero-order valence-corrected chi connectivity index (χ0v) is 18.6. The maximum absolute atomic E-state index is 11.5.